The zero-order valence-electron chi connectivity index (χ0n) is 49.8. The molecule has 0 aliphatic carbocycles. The molecular weight excluding hydrogens is 1230 g/mol. The Balaban J connectivity index is 0.000000168. The Morgan fingerprint density at radius 3 is 1.26 bits per heavy atom. The fourth-order valence-corrected chi connectivity index (χ4v) is 10.9. The van der Waals surface area contributed by atoms with Gasteiger partial charge in [-0.25, -0.2) is 44.4 Å². The number of ether oxygens (including phenoxy) is 1. The Morgan fingerprint density at radius 1 is 0.563 bits per heavy atom. The second-order valence-electron chi connectivity index (χ2n) is 22.5. The van der Waals surface area contributed by atoms with Gasteiger partial charge in [0.2, 0.25) is 20.0 Å². The summed E-state index contributed by atoms with van der Waals surface area (Å²) in [5.74, 6) is -1.58. The van der Waals surface area contributed by atoms with Crippen LogP contribution in [0.2, 0.25) is 0 Å². The van der Waals surface area contributed by atoms with E-state index >= 15 is 0 Å². The summed E-state index contributed by atoms with van der Waals surface area (Å²) in [5, 5.41) is 25.6. The second-order valence-corrected chi connectivity index (χ2v) is 27.2. The van der Waals surface area contributed by atoms with Gasteiger partial charge in [-0.1, -0.05) is 40.2 Å². The maximum Gasteiger partial charge on any atom is 0.488 e. The molecule has 87 heavy (non-hydrogen) atoms. The first-order valence-electron chi connectivity index (χ1n) is 27.7. The van der Waals surface area contributed by atoms with Crippen LogP contribution in [0, 0.1) is 11.6 Å². The lowest BCUT2D eigenvalue weighted by molar-refractivity contribution is 0.00578. The quantitative estimate of drug-likeness (QED) is 0.0675. The van der Waals surface area contributed by atoms with Crippen LogP contribution < -0.4 is 20.1 Å². The summed E-state index contributed by atoms with van der Waals surface area (Å²) in [6, 6.07) is 30.3. The maximum absolute atomic E-state index is 13.3. The lowest BCUT2D eigenvalue weighted by Gasteiger charge is -2.32. The molecule has 3 saturated heterocycles. The molecule has 5 N–H and O–H groups in total. The predicted octanol–water partition coefficient (Wildman–Crippen LogP) is 9.52. The van der Waals surface area contributed by atoms with E-state index in [0.29, 0.717) is 48.8 Å². The van der Waals surface area contributed by atoms with E-state index in [1.54, 1.807) is 65.5 Å². The molecular formula is C60H69B2BrF2N8O12S2. The van der Waals surface area contributed by atoms with Gasteiger partial charge in [-0.3, -0.25) is 9.59 Å². The first-order valence-corrected chi connectivity index (χ1v) is 31.5. The number of nitrogens with one attached hydrogen (secondary N) is 4. The minimum absolute atomic E-state index is 0.117. The van der Waals surface area contributed by atoms with Gasteiger partial charge in [0.25, 0.3) is 11.8 Å². The van der Waals surface area contributed by atoms with E-state index in [9.17, 15) is 40.3 Å². The lowest BCUT2D eigenvalue weighted by Crippen LogP contribution is -2.41. The van der Waals surface area contributed by atoms with Crippen LogP contribution in [-0.4, -0.2) is 117 Å². The van der Waals surface area contributed by atoms with Gasteiger partial charge in [-0.2, -0.15) is 10.2 Å². The van der Waals surface area contributed by atoms with Crippen molar-refractivity contribution in [3.05, 3.63) is 172 Å². The summed E-state index contributed by atoms with van der Waals surface area (Å²) < 4.78 is 111. The highest BCUT2D eigenvalue weighted by molar-refractivity contribution is 9.10. The Labute approximate surface area is 514 Å². The number of fused-ring (bicyclic) bond motifs is 2. The summed E-state index contributed by atoms with van der Waals surface area (Å²) in [5.41, 5.74) is 3.09. The smallest absolute Gasteiger partial charge is 0.488 e. The number of hydrogen-bond donors (Lipinski definition) is 5. The number of nitrogens with zero attached hydrogens (tertiary/aromatic N) is 4. The van der Waals surface area contributed by atoms with Crippen LogP contribution in [0.1, 0.15) is 100 Å². The maximum atomic E-state index is 13.3. The number of carbonyl (C=O) groups excluding carboxylic acids is 2. The average molecular weight is 1300 g/mol. The van der Waals surface area contributed by atoms with E-state index in [1.807, 2.05) is 61.5 Å². The molecule has 0 unspecified atom stereocenters. The van der Waals surface area contributed by atoms with Crippen LogP contribution in [0.25, 0.3) is 33.2 Å². The molecule has 2 amide bonds. The van der Waals surface area contributed by atoms with Crippen molar-refractivity contribution in [2.75, 3.05) is 27.3 Å². The number of aromatic nitrogens is 4. The Bertz CT molecular complexity index is 3690. The second kappa shape index (κ2) is 26.8. The molecule has 8 aromatic rings. The van der Waals surface area contributed by atoms with Crippen molar-refractivity contribution in [2.45, 2.75) is 114 Å². The molecule has 460 valence electrons. The van der Waals surface area contributed by atoms with E-state index in [-0.39, 0.29) is 74.1 Å². The van der Waals surface area contributed by atoms with Crippen molar-refractivity contribution in [3.8, 4) is 17.1 Å². The number of benzene rings is 6. The van der Waals surface area contributed by atoms with Crippen LogP contribution >= 0.6 is 15.9 Å². The van der Waals surface area contributed by atoms with Crippen molar-refractivity contribution < 1.29 is 63.7 Å². The molecule has 0 atom stereocenters. The highest BCUT2D eigenvalue weighted by atomic mass is 79.9. The van der Waals surface area contributed by atoms with Crippen molar-refractivity contribution in [1.29, 1.82) is 0 Å². The van der Waals surface area contributed by atoms with Crippen LogP contribution in [0.3, 0.4) is 0 Å². The SMILES string of the molecule is C1CCOC1.CC1(C)OB(B2OC(C)(C)C(C)(C)O2)OC1(C)C.CNS(=O)(=O)c1ccc(CNC(=O)c2cc(Br)cc3c2cnn3-c2ccc(F)cc2)cc1.CNS(=O)(=O)c1ccc(CNC(=O)c2cc(O)cc3c2cnn3-c2ccc(F)cc2)cc1. The minimum Gasteiger partial charge on any atom is -0.508 e. The van der Waals surface area contributed by atoms with Gasteiger partial charge >= 0.3 is 14.0 Å². The molecule has 0 radical (unpaired) electrons. The van der Waals surface area contributed by atoms with E-state index < -0.39 is 40.0 Å². The molecule has 3 aliphatic heterocycles. The van der Waals surface area contributed by atoms with Gasteiger partial charge < -0.3 is 39.1 Å². The molecule has 0 spiro atoms. The Morgan fingerprint density at radius 2 is 0.920 bits per heavy atom. The summed E-state index contributed by atoms with van der Waals surface area (Å²) in [7, 11) is -5.32. The lowest BCUT2D eigenvalue weighted by atomic mass is 9.49. The first-order chi connectivity index (χ1) is 40.9. The number of amides is 2. The van der Waals surface area contributed by atoms with Crippen LogP contribution in [-0.2, 0) is 56.5 Å². The summed E-state index contributed by atoms with van der Waals surface area (Å²) in [4.78, 5) is 26.0. The minimum atomic E-state index is -3.54. The topological polar surface area (TPSA) is 253 Å². The number of rotatable bonds is 13. The van der Waals surface area contributed by atoms with E-state index in [4.69, 9.17) is 23.4 Å². The third-order valence-electron chi connectivity index (χ3n) is 15.5. The Hall–Kier alpha value is -6.91. The van der Waals surface area contributed by atoms with Crippen molar-refractivity contribution in [2.24, 2.45) is 0 Å². The summed E-state index contributed by atoms with van der Waals surface area (Å²) >= 11 is 3.44. The molecule has 2 aromatic heterocycles. The van der Waals surface area contributed by atoms with Crippen LogP contribution in [0.4, 0.5) is 8.78 Å². The normalized spacial score (nSPS) is 16.5. The predicted molar refractivity (Wildman–Crippen MR) is 331 cm³/mol. The van der Waals surface area contributed by atoms with Crippen LogP contribution in [0.15, 0.2) is 148 Å². The average Bonchev–Trinajstić information content (AvgIpc) is 1.78. The van der Waals surface area contributed by atoms with Gasteiger partial charge in [0.15, 0.2) is 0 Å². The molecule has 3 fully saturated rings. The molecule has 6 aromatic carbocycles. The van der Waals surface area contributed by atoms with Crippen molar-refractivity contribution in [3.63, 3.8) is 0 Å². The van der Waals surface area contributed by atoms with Crippen molar-refractivity contribution in [1.82, 2.24) is 39.6 Å². The Kier molecular flexibility index (Phi) is 20.4. The molecule has 0 saturated carbocycles. The molecule has 3 aliphatic rings. The number of phenols is 1. The third kappa shape index (κ3) is 15.5. The highest BCUT2D eigenvalue weighted by Crippen LogP contribution is 2.43. The fraction of sp³-hybridized carbons (Fsp3) is 0.333. The molecule has 5 heterocycles. The monoisotopic (exact) mass is 1300 g/mol. The van der Waals surface area contributed by atoms with E-state index in [0.717, 1.165) is 18.8 Å². The van der Waals surface area contributed by atoms with Gasteiger partial charge in [0.05, 0.1) is 78.1 Å². The van der Waals surface area contributed by atoms with Gasteiger partial charge in [-0.15, -0.1) is 0 Å². The zero-order chi connectivity index (χ0) is 63.3. The zero-order valence-corrected chi connectivity index (χ0v) is 53.0. The molecule has 20 nitrogen and oxygen atoms in total. The van der Waals surface area contributed by atoms with Gasteiger partial charge in [0, 0.05) is 47.6 Å². The van der Waals surface area contributed by atoms with Crippen molar-refractivity contribution >= 4 is 83.6 Å². The van der Waals surface area contributed by atoms with Gasteiger partial charge in [0.1, 0.15) is 17.4 Å². The van der Waals surface area contributed by atoms with Gasteiger partial charge in [-0.05, 0) is 184 Å². The number of phenolic OH excluding ortho intramolecular Hbond substituents is 1. The standard InChI is InChI=1S/C22H18BrFN4O3S.C22H19FN4O4S.C12H24B2O4.C4H8O/c1-25-32(30,31)18-8-2-14(3-9-18)12-26-22(29)19-10-15(23)11-21-20(19)13-27-28(21)17-6-4-16(24)5-7-17;1-24-32(30,31)18-8-2-14(3-9-18)12-25-22(29)19-10-17(28)11-21-20(19)13-26-27(21)16-6-4-15(23)5-7-16;1-9(2)10(3,4)16-13(15-9)14-17-11(5,6)12(7,8)18-14;1-2-4-5-3-1/h2-11,13,25H,12H2,1H3,(H,26,29);2-11,13,24,28H,12H2,1H3,(H,25,29);1-8H3;1-4H2. The number of hydrogen-bond acceptors (Lipinski definition) is 14. The van der Waals surface area contributed by atoms with E-state index in [2.05, 4.69) is 46.2 Å². The number of halogens is 3. The largest absolute Gasteiger partial charge is 0.508 e. The number of aromatic hydroxyl groups is 1. The first kappa shape index (κ1) is 66.1. The summed E-state index contributed by atoms with van der Waals surface area (Å²) in [6.45, 7) is 18.6. The third-order valence-corrected chi connectivity index (χ3v) is 18.8. The van der Waals surface area contributed by atoms with E-state index in [1.165, 1.54) is 98.5 Å². The fourth-order valence-electron chi connectivity index (χ4n) is 9.03. The number of carbonyl (C=O) groups is 2. The van der Waals surface area contributed by atoms with Crippen LogP contribution in [0.5, 0.6) is 5.75 Å². The highest BCUT2D eigenvalue weighted by Gasteiger charge is 2.63. The number of sulfonamides is 2. The molecule has 11 rings (SSSR count). The summed E-state index contributed by atoms with van der Waals surface area (Å²) in [6.07, 6.45) is 5.65. The molecule has 0 bridgehead atoms. The molecule has 27 heteroatoms.